The maximum Gasteiger partial charge on any atom is 0.272 e. The molecule has 0 radical (unpaired) electrons. The summed E-state index contributed by atoms with van der Waals surface area (Å²) in [6.45, 7) is 8.01. The van der Waals surface area contributed by atoms with Crippen molar-refractivity contribution >= 4 is 28.6 Å². The second-order valence-electron chi connectivity index (χ2n) is 4.96. The molecule has 1 N–H and O–H groups in total. The summed E-state index contributed by atoms with van der Waals surface area (Å²) in [5.41, 5.74) is 7.41. The van der Waals surface area contributed by atoms with Crippen LogP contribution < -0.4 is 5.43 Å². The second-order valence-corrected chi connectivity index (χ2v) is 4.96. The highest BCUT2D eigenvalue weighted by molar-refractivity contribution is 6.16. The van der Waals surface area contributed by atoms with Crippen LogP contribution in [-0.2, 0) is 7.05 Å². The van der Waals surface area contributed by atoms with Crippen molar-refractivity contribution < 1.29 is 4.79 Å². The van der Waals surface area contributed by atoms with E-state index in [1.54, 1.807) is 6.21 Å². The number of carbonyl (C=O) groups is 1. The number of allylic oxidation sites excluding steroid dienone is 4. The van der Waals surface area contributed by atoms with Crippen molar-refractivity contribution in [1.82, 2.24) is 9.99 Å². The Hall–Kier alpha value is -3.06. The standard InChI is InChI=1S/C17H17N3O.C2H6.C2H2/c1-4-7-11(5-2)16-13-10-18-19-17(21)12-8-6-9-14(15(12)13)20(16)3;2*1-2/h4-10H,1-3H3,(H,19,21);1-2H3;1-2H/b7-4-,11-5+;;. The van der Waals surface area contributed by atoms with Gasteiger partial charge >= 0.3 is 0 Å². The van der Waals surface area contributed by atoms with Crippen LogP contribution >= 0.6 is 0 Å². The van der Waals surface area contributed by atoms with Crippen LogP contribution in [0.3, 0.4) is 0 Å². The molecule has 0 unspecified atom stereocenters. The number of rotatable bonds is 2. The summed E-state index contributed by atoms with van der Waals surface area (Å²) < 4.78 is 2.12. The first-order valence-electron chi connectivity index (χ1n) is 8.26. The number of benzene rings is 1. The number of nitrogens with zero attached hydrogens (tertiary/aromatic N) is 2. The summed E-state index contributed by atoms with van der Waals surface area (Å²) >= 11 is 0. The molecule has 130 valence electrons. The van der Waals surface area contributed by atoms with E-state index >= 15 is 0 Å². The second kappa shape index (κ2) is 9.29. The number of aryl methyl sites for hydroxylation is 1. The molecular weight excluding hydrogens is 310 g/mol. The molecule has 2 heterocycles. The van der Waals surface area contributed by atoms with E-state index in [1.807, 2.05) is 59.0 Å². The van der Waals surface area contributed by atoms with E-state index in [0.717, 1.165) is 27.7 Å². The molecule has 2 aromatic rings. The minimum absolute atomic E-state index is 0.166. The number of hydrogen-bond acceptors (Lipinski definition) is 2. The fourth-order valence-corrected chi connectivity index (χ4v) is 2.89. The predicted molar refractivity (Wildman–Crippen MR) is 108 cm³/mol. The average molecular weight is 335 g/mol. The van der Waals surface area contributed by atoms with Crippen LogP contribution in [-0.4, -0.2) is 16.7 Å². The zero-order chi connectivity index (χ0) is 19.0. The summed E-state index contributed by atoms with van der Waals surface area (Å²) in [6.07, 6.45) is 15.9. The lowest BCUT2D eigenvalue weighted by Gasteiger charge is -2.07. The lowest BCUT2D eigenvalue weighted by atomic mass is 10.0. The number of aromatic nitrogens is 1. The smallest absolute Gasteiger partial charge is 0.272 e. The molecule has 0 saturated heterocycles. The Morgan fingerprint density at radius 3 is 2.52 bits per heavy atom. The number of nitrogens with one attached hydrogen (secondary N) is 1. The van der Waals surface area contributed by atoms with E-state index in [4.69, 9.17) is 0 Å². The first kappa shape index (κ1) is 20.0. The van der Waals surface area contributed by atoms with Gasteiger partial charge in [0.15, 0.2) is 0 Å². The molecule has 25 heavy (non-hydrogen) atoms. The van der Waals surface area contributed by atoms with Crippen molar-refractivity contribution in [3.63, 3.8) is 0 Å². The van der Waals surface area contributed by atoms with Crippen LogP contribution in [0.1, 0.15) is 49.3 Å². The SMILES string of the molecule is C#C.C/C=C\C(=C/C)c1c2c3c(cccc3n1C)C(=O)NN=C2.CC. The lowest BCUT2D eigenvalue weighted by molar-refractivity contribution is 0.0957. The molecule has 1 aliphatic rings. The molecule has 4 nitrogen and oxygen atoms in total. The van der Waals surface area contributed by atoms with Gasteiger partial charge in [-0.3, -0.25) is 4.79 Å². The third kappa shape index (κ3) is 3.56. The maximum atomic E-state index is 12.1. The van der Waals surface area contributed by atoms with Crippen molar-refractivity contribution in [2.24, 2.45) is 12.1 Å². The molecule has 0 saturated carbocycles. The van der Waals surface area contributed by atoms with Gasteiger partial charge in [0.25, 0.3) is 5.91 Å². The van der Waals surface area contributed by atoms with Crippen LogP contribution in [0.2, 0.25) is 0 Å². The van der Waals surface area contributed by atoms with Crippen LogP contribution in [0.15, 0.2) is 41.5 Å². The van der Waals surface area contributed by atoms with Crippen molar-refractivity contribution in [1.29, 1.82) is 0 Å². The molecular formula is C21H25N3O. The molecule has 1 aromatic carbocycles. The first-order chi connectivity index (χ1) is 12.2. The monoisotopic (exact) mass is 335 g/mol. The van der Waals surface area contributed by atoms with Crippen molar-refractivity contribution in [2.45, 2.75) is 27.7 Å². The normalized spacial score (nSPS) is 12.8. The van der Waals surface area contributed by atoms with E-state index in [2.05, 4.69) is 40.1 Å². The minimum atomic E-state index is -0.166. The van der Waals surface area contributed by atoms with Gasteiger partial charge in [-0.25, -0.2) is 5.43 Å². The number of carbonyl (C=O) groups excluding carboxylic acids is 1. The Kier molecular flexibility index (Phi) is 7.43. The fraction of sp³-hybridized carbons (Fsp3) is 0.238. The Morgan fingerprint density at radius 2 is 1.92 bits per heavy atom. The maximum absolute atomic E-state index is 12.1. The Balaban J connectivity index is 0.000000730. The molecule has 0 atom stereocenters. The van der Waals surface area contributed by atoms with Gasteiger partial charge in [0, 0.05) is 23.5 Å². The quantitative estimate of drug-likeness (QED) is 0.637. The number of hydrazone groups is 1. The zero-order valence-corrected chi connectivity index (χ0v) is 15.5. The molecule has 1 aromatic heterocycles. The predicted octanol–water partition coefficient (Wildman–Crippen LogP) is 4.51. The summed E-state index contributed by atoms with van der Waals surface area (Å²) in [5, 5.41) is 5.01. The first-order valence-corrected chi connectivity index (χ1v) is 8.26. The molecule has 4 heteroatoms. The largest absolute Gasteiger partial charge is 0.343 e. The Morgan fingerprint density at radius 1 is 1.24 bits per heavy atom. The zero-order valence-electron chi connectivity index (χ0n) is 15.5. The fourth-order valence-electron chi connectivity index (χ4n) is 2.89. The van der Waals surface area contributed by atoms with Gasteiger partial charge in [-0.2, -0.15) is 5.10 Å². The number of terminal acetylenes is 1. The topological polar surface area (TPSA) is 46.4 Å². The van der Waals surface area contributed by atoms with Gasteiger partial charge in [0.2, 0.25) is 0 Å². The van der Waals surface area contributed by atoms with E-state index in [0.29, 0.717) is 5.56 Å². The highest BCUT2D eigenvalue weighted by Crippen LogP contribution is 2.32. The number of amides is 1. The summed E-state index contributed by atoms with van der Waals surface area (Å²) in [7, 11) is 2.02. The van der Waals surface area contributed by atoms with E-state index in [-0.39, 0.29) is 5.91 Å². The average Bonchev–Trinajstić information content (AvgIpc) is 2.83. The summed E-state index contributed by atoms with van der Waals surface area (Å²) in [5.74, 6) is -0.166. The van der Waals surface area contributed by atoms with Crippen molar-refractivity contribution in [3.8, 4) is 12.8 Å². The summed E-state index contributed by atoms with van der Waals surface area (Å²) in [4.78, 5) is 12.1. The van der Waals surface area contributed by atoms with Crippen molar-refractivity contribution in [3.05, 3.63) is 53.2 Å². The van der Waals surface area contributed by atoms with E-state index < -0.39 is 0 Å². The molecule has 0 fully saturated rings. The molecule has 1 aliphatic heterocycles. The third-order valence-corrected chi connectivity index (χ3v) is 3.80. The highest BCUT2D eigenvalue weighted by Gasteiger charge is 2.22. The van der Waals surface area contributed by atoms with E-state index in [1.165, 1.54) is 0 Å². The molecule has 3 rings (SSSR count). The Labute approximate surface area is 149 Å². The van der Waals surface area contributed by atoms with Gasteiger partial charge in [0.05, 0.1) is 17.5 Å². The molecule has 0 aliphatic carbocycles. The highest BCUT2D eigenvalue weighted by atomic mass is 16.2. The molecule has 0 spiro atoms. The van der Waals surface area contributed by atoms with Crippen LogP contribution in [0, 0.1) is 12.8 Å². The minimum Gasteiger partial charge on any atom is -0.343 e. The van der Waals surface area contributed by atoms with Crippen LogP contribution in [0.4, 0.5) is 0 Å². The van der Waals surface area contributed by atoms with Gasteiger partial charge in [-0.15, -0.1) is 12.8 Å². The van der Waals surface area contributed by atoms with Gasteiger partial charge < -0.3 is 4.57 Å². The Bertz CT molecular complexity index is 864. The van der Waals surface area contributed by atoms with E-state index in [9.17, 15) is 4.79 Å². The van der Waals surface area contributed by atoms with Crippen LogP contribution in [0.25, 0.3) is 16.5 Å². The van der Waals surface area contributed by atoms with Crippen molar-refractivity contribution in [2.75, 3.05) is 0 Å². The van der Waals surface area contributed by atoms with Gasteiger partial charge in [0.1, 0.15) is 0 Å². The van der Waals surface area contributed by atoms with Gasteiger partial charge in [-0.1, -0.05) is 38.1 Å². The third-order valence-electron chi connectivity index (χ3n) is 3.80. The van der Waals surface area contributed by atoms with Crippen LogP contribution in [0.5, 0.6) is 0 Å². The van der Waals surface area contributed by atoms with Gasteiger partial charge in [-0.05, 0) is 31.6 Å². The number of hydrogen-bond donors (Lipinski definition) is 1. The lowest BCUT2D eigenvalue weighted by Crippen LogP contribution is -2.16. The summed E-state index contributed by atoms with van der Waals surface area (Å²) in [6, 6.07) is 5.77. The molecule has 1 amide bonds. The molecule has 0 bridgehead atoms.